The highest BCUT2D eigenvalue weighted by atomic mass is 35.5. The number of methoxy groups -OCH3 is 1. The van der Waals surface area contributed by atoms with Crippen molar-refractivity contribution in [1.29, 1.82) is 0 Å². The fourth-order valence-electron chi connectivity index (χ4n) is 1.65. The number of esters is 1. The predicted molar refractivity (Wildman–Crippen MR) is 80.0 cm³/mol. The van der Waals surface area contributed by atoms with Crippen LogP contribution in [-0.2, 0) is 14.8 Å². The van der Waals surface area contributed by atoms with Crippen molar-refractivity contribution in [2.45, 2.75) is 4.90 Å². The molecular weight excluding hydrogens is 314 g/mol. The fraction of sp³-hybridized carbons (Fsp3) is 0.0714. The van der Waals surface area contributed by atoms with Crippen molar-refractivity contribution in [2.75, 3.05) is 11.8 Å². The van der Waals surface area contributed by atoms with Crippen molar-refractivity contribution in [3.05, 3.63) is 59.1 Å². The van der Waals surface area contributed by atoms with Crippen LogP contribution in [0.4, 0.5) is 5.69 Å². The van der Waals surface area contributed by atoms with E-state index in [4.69, 9.17) is 11.6 Å². The van der Waals surface area contributed by atoms with E-state index in [0.29, 0.717) is 0 Å². The lowest BCUT2D eigenvalue weighted by atomic mass is 10.2. The largest absolute Gasteiger partial charge is 0.465 e. The molecule has 7 heteroatoms. The van der Waals surface area contributed by atoms with E-state index in [1.165, 1.54) is 37.4 Å². The number of carbonyl (C=O) groups is 1. The Morgan fingerprint density at radius 3 is 2.43 bits per heavy atom. The van der Waals surface area contributed by atoms with E-state index in [1.807, 2.05) is 0 Å². The number of rotatable bonds is 4. The number of hydrogen-bond donors (Lipinski definition) is 1. The van der Waals surface area contributed by atoms with Crippen LogP contribution in [0.2, 0.25) is 5.02 Å². The maximum atomic E-state index is 12.2. The fourth-order valence-corrected chi connectivity index (χ4v) is 2.96. The highest BCUT2D eigenvalue weighted by Gasteiger charge is 2.17. The number of hydrogen-bond acceptors (Lipinski definition) is 4. The normalized spacial score (nSPS) is 11.0. The van der Waals surface area contributed by atoms with Crippen molar-refractivity contribution < 1.29 is 17.9 Å². The van der Waals surface area contributed by atoms with Gasteiger partial charge in [0.2, 0.25) is 0 Å². The Morgan fingerprint density at radius 1 is 1.14 bits per heavy atom. The molecule has 0 saturated heterocycles. The predicted octanol–water partition coefficient (Wildman–Crippen LogP) is 2.93. The summed E-state index contributed by atoms with van der Waals surface area (Å²) in [5.74, 6) is -0.577. The summed E-state index contributed by atoms with van der Waals surface area (Å²) in [6.07, 6.45) is 0. The van der Waals surface area contributed by atoms with Crippen LogP contribution in [0, 0.1) is 0 Å². The van der Waals surface area contributed by atoms with Crippen LogP contribution in [0.3, 0.4) is 0 Å². The van der Waals surface area contributed by atoms with Crippen molar-refractivity contribution >= 4 is 33.3 Å². The molecule has 5 nitrogen and oxygen atoms in total. The molecule has 0 aliphatic carbocycles. The third kappa shape index (κ3) is 3.53. The van der Waals surface area contributed by atoms with Gasteiger partial charge in [0.05, 0.1) is 28.3 Å². The van der Waals surface area contributed by atoms with Gasteiger partial charge >= 0.3 is 5.97 Å². The number of anilines is 1. The van der Waals surface area contributed by atoms with E-state index < -0.39 is 16.0 Å². The molecule has 0 unspecified atom stereocenters. The molecule has 0 heterocycles. The van der Waals surface area contributed by atoms with E-state index in [-0.39, 0.29) is 21.2 Å². The van der Waals surface area contributed by atoms with Gasteiger partial charge in [-0.1, -0.05) is 29.8 Å². The molecule has 0 bridgehead atoms. The van der Waals surface area contributed by atoms with Crippen LogP contribution < -0.4 is 4.72 Å². The topological polar surface area (TPSA) is 72.5 Å². The quantitative estimate of drug-likeness (QED) is 0.877. The number of sulfonamides is 1. The van der Waals surface area contributed by atoms with Crippen molar-refractivity contribution in [3.63, 3.8) is 0 Å². The molecule has 0 radical (unpaired) electrons. The van der Waals surface area contributed by atoms with Crippen LogP contribution in [-0.4, -0.2) is 21.5 Å². The second-order valence-electron chi connectivity index (χ2n) is 4.10. The number of carbonyl (C=O) groups excluding carboxylic acids is 1. The Kier molecular flexibility index (Phi) is 4.50. The zero-order chi connectivity index (χ0) is 15.5. The second kappa shape index (κ2) is 6.15. The molecule has 0 spiro atoms. The first-order chi connectivity index (χ1) is 9.94. The van der Waals surface area contributed by atoms with E-state index in [9.17, 15) is 13.2 Å². The van der Waals surface area contributed by atoms with Crippen LogP contribution in [0.15, 0.2) is 53.4 Å². The third-order valence-electron chi connectivity index (χ3n) is 2.69. The zero-order valence-electron chi connectivity index (χ0n) is 11.0. The molecule has 1 N–H and O–H groups in total. The lowest BCUT2D eigenvalue weighted by molar-refractivity contribution is 0.0601. The van der Waals surface area contributed by atoms with Gasteiger partial charge in [0, 0.05) is 0 Å². The van der Waals surface area contributed by atoms with E-state index >= 15 is 0 Å². The van der Waals surface area contributed by atoms with E-state index in [2.05, 4.69) is 9.46 Å². The molecule has 0 aliphatic heterocycles. The summed E-state index contributed by atoms with van der Waals surface area (Å²) in [5.41, 5.74) is 0.316. The summed E-state index contributed by atoms with van der Waals surface area (Å²) in [7, 11) is -2.53. The molecular formula is C14H12ClNO4S. The Hall–Kier alpha value is -2.05. The first-order valence-corrected chi connectivity index (χ1v) is 7.76. The maximum Gasteiger partial charge on any atom is 0.337 e. The summed E-state index contributed by atoms with van der Waals surface area (Å²) in [4.78, 5) is 11.6. The van der Waals surface area contributed by atoms with Gasteiger partial charge < -0.3 is 4.74 Å². The molecule has 0 aromatic heterocycles. The standard InChI is InChI=1S/C14H12ClNO4S/c1-20-14(17)10-7-8-12(15)13(9-10)16-21(18,19)11-5-3-2-4-6-11/h2-9,16H,1H3. The van der Waals surface area contributed by atoms with E-state index in [0.717, 1.165) is 0 Å². The van der Waals surface area contributed by atoms with Gasteiger partial charge in [0.25, 0.3) is 10.0 Å². The number of ether oxygens (including phenoxy) is 1. The van der Waals surface area contributed by atoms with Crippen LogP contribution >= 0.6 is 11.6 Å². The summed E-state index contributed by atoms with van der Waals surface area (Å²) in [5, 5.41) is 0.183. The molecule has 2 aromatic rings. The molecule has 0 amide bonds. The molecule has 0 atom stereocenters. The minimum Gasteiger partial charge on any atom is -0.465 e. The summed E-state index contributed by atoms with van der Waals surface area (Å²) < 4.78 is 31.4. The summed E-state index contributed by atoms with van der Waals surface area (Å²) in [6, 6.07) is 12.1. The molecule has 2 aromatic carbocycles. The number of halogens is 1. The second-order valence-corrected chi connectivity index (χ2v) is 6.19. The van der Waals surface area contributed by atoms with Crippen LogP contribution in [0.1, 0.15) is 10.4 Å². The molecule has 21 heavy (non-hydrogen) atoms. The van der Waals surface area contributed by atoms with Gasteiger partial charge in [0.1, 0.15) is 0 Å². The smallest absolute Gasteiger partial charge is 0.337 e. The van der Waals surface area contributed by atoms with Crippen molar-refractivity contribution in [3.8, 4) is 0 Å². The first-order valence-electron chi connectivity index (χ1n) is 5.90. The van der Waals surface area contributed by atoms with Gasteiger partial charge in [-0.15, -0.1) is 0 Å². The Bertz CT molecular complexity index is 760. The Labute approximate surface area is 127 Å². The SMILES string of the molecule is COC(=O)c1ccc(Cl)c(NS(=O)(=O)c2ccccc2)c1. The van der Waals surface area contributed by atoms with Gasteiger partial charge in [-0.2, -0.15) is 0 Å². The zero-order valence-corrected chi connectivity index (χ0v) is 12.6. The summed E-state index contributed by atoms with van der Waals surface area (Å²) in [6.45, 7) is 0. The minimum atomic E-state index is -3.77. The Morgan fingerprint density at radius 2 is 1.81 bits per heavy atom. The lowest BCUT2D eigenvalue weighted by Crippen LogP contribution is -2.13. The Balaban J connectivity index is 2.37. The molecule has 110 valence electrons. The highest BCUT2D eigenvalue weighted by Crippen LogP contribution is 2.26. The van der Waals surface area contributed by atoms with Gasteiger partial charge in [0.15, 0.2) is 0 Å². The molecule has 0 saturated carbocycles. The van der Waals surface area contributed by atoms with Gasteiger partial charge in [-0.25, -0.2) is 13.2 Å². The van der Waals surface area contributed by atoms with Crippen molar-refractivity contribution in [1.82, 2.24) is 0 Å². The highest BCUT2D eigenvalue weighted by molar-refractivity contribution is 7.92. The molecule has 0 fully saturated rings. The number of benzene rings is 2. The monoisotopic (exact) mass is 325 g/mol. The minimum absolute atomic E-state index is 0.101. The first kappa shape index (κ1) is 15.3. The number of nitrogens with one attached hydrogen (secondary N) is 1. The van der Waals surface area contributed by atoms with Gasteiger partial charge in [-0.3, -0.25) is 4.72 Å². The molecule has 0 aliphatic rings. The lowest BCUT2D eigenvalue weighted by Gasteiger charge is -2.10. The maximum absolute atomic E-state index is 12.2. The van der Waals surface area contributed by atoms with Crippen LogP contribution in [0.5, 0.6) is 0 Å². The average Bonchev–Trinajstić information content (AvgIpc) is 2.49. The van der Waals surface area contributed by atoms with Crippen LogP contribution in [0.25, 0.3) is 0 Å². The van der Waals surface area contributed by atoms with Crippen molar-refractivity contribution in [2.24, 2.45) is 0 Å². The third-order valence-corrected chi connectivity index (χ3v) is 4.40. The van der Waals surface area contributed by atoms with Gasteiger partial charge in [-0.05, 0) is 30.3 Å². The molecule has 2 rings (SSSR count). The summed E-state index contributed by atoms with van der Waals surface area (Å²) >= 11 is 5.96. The average molecular weight is 326 g/mol. The van der Waals surface area contributed by atoms with E-state index in [1.54, 1.807) is 18.2 Å².